The van der Waals surface area contributed by atoms with E-state index in [2.05, 4.69) is 20.1 Å². The lowest BCUT2D eigenvalue weighted by Gasteiger charge is -2.48. The third kappa shape index (κ3) is 7.08. The van der Waals surface area contributed by atoms with Crippen LogP contribution in [0.4, 0.5) is 20.2 Å². The number of quaternary nitrogens is 1. The Morgan fingerprint density at radius 2 is 1.77 bits per heavy atom. The van der Waals surface area contributed by atoms with E-state index >= 15 is 0 Å². The second-order valence-corrected chi connectivity index (χ2v) is 13.7. The Labute approximate surface area is 299 Å². The van der Waals surface area contributed by atoms with Crippen LogP contribution in [-0.4, -0.2) is 79.7 Å². The minimum Gasteiger partial charge on any atom is -0.627 e. The molecule has 0 bridgehead atoms. The summed E-state index contributed by atoms with van der Waals surface area (Å²) in [6.07, 6.45) is 4.68. The Bertz CT molecular complexity index is 2010. The molecule has 2 aromatic heterocycles. The molecular weight excluding hydrogens is 674 g/mol. The molecule has 0 spiro atoms. The van der Waals surface area contributed by atoms with Crippen molar-refractivity contribution in [1.82, 2.24) is 33.8 Å². The topological polar surface area (TPSA) is 136 Å². The number of rotatable bonds is 12. The van der Waals surface area contributed by atoms with Gasteiger partial charge in [-0.25, -0.2) is 32.5 Å². The number of halogens is 2. The molecule has 2 aliphatic rings. The normalized spacial score (nSPS) is 21.3. The van der Waals surface area contributed by atoms with Crippen molar-refractivity contribution < 1.29 is 23.4 Å². The lowest BCUT2D eigenvalue weighted by atomic mass is 9.87. The van der Waals surface area contributed by atoms with Gasteiger partial charge in [0.1, 0.15) is 60.7 Å². The number of benzene rings is 3. The number of aromatic nitrogens is 6. The zero-order chi connectivity index (χ0) is 36.5. The predicted molar refractivity (Wildman–Crippen MR) is 190 cm³/mol. The summed E-state index contributed by atoms with van der Waals surface area (Å²) in [7, 11) is 0. The van der Waals surface area contributed by atoms with Gasteiger partial charge in [0, 0.05) is 35.4 Å². The van der Waals surface area contributed by atoms with E-state index in [4.69, 9.17) is 9.47 Å². The highest BCUT2D eigenvalue weighted by Gasteiger charge is 2.44. The summed E-state index contributed by atoms with van der Waals surface area (Å²) < 4.78 is 44.9. The highest BCUT2D eigenvalue weighted by molar-refractivity contribution is 5.53. The highest BCUT2D eigenvalue weighted by Crippen LogP contribution is 2.42. The fourth-order valence-electron chi connectivity index (χ4n) is 7.38. The maximum absolute atomic E-state index is 15.0. The molecule has 5 aromatic rings. The first-order chi connectivity index (χ1) is 25.1. The summed E-state index contributed by atoms with van der Waals surface area (Å²) in [5.74, 6) is -0.689. The van der Waals surface area contributed by atoms with Crippen LogP contribution >= 0.6 is 0 Å². The van der Waals surface area contributed by atoms with Crippen LogP contribution in [0.3, 0.4) is 0 Å². The molecule has 2 saturated heterocycles. The maximum Gasteiger partial charge on any atom is 0.350 e. The Kier molecular flexibility index (Phi) is 9.94. The lowest BCUT2D eigenvalue weighted by molar-refractivity contribution is -0.0206. The molecule has 15 heteroatoms. The van der Waals surface area contributed by atoms with Gasteiger partial charge >= 0.3 is 5.69 Å². The minimum atomic E-state index is -1.04. The first kappa shape index (κ1) is 35.4. The van der Waals surface area contributed by atoms with Crippen molar-refractivity contribution in [3.63, 3.8) is 0 Å². The summed E-state index contributed by atoms with van der Waals surface area (Å²) in [5, 5.41) is 32.3. The number of hydroxylamine groups is 2. The smallest absolute Gasteiger partial charge is 0.350 e. The van der Waals surface area contributed by atoms with Crippen molar-refractivity contribution in [3.05, 3.63) is 119 Å². The molecule has 52 heavy (non-hydrogen) atoms. The fourth-order valence-corrected chi connectivity index (χ4v) is 7.38. The lowest BCUT2D eigenvalue weighted by Crippen LogP contribution is -2.57. The van der Waals surface area contributed by atoms with Crippen molar-refractivity contribution in [1.29, 1.82) is 0 Å². The first-order valence-electron chi connectivity index (χ1n) is 17.5. The van der Waals surface area contributed by atoms with E-state index in [0.717, 1.165) is 11.8 Å². The Hall–Kier alpha value is -4.96. The van der Waals surface area contributed by atoms with Gasteiger partial charge in [0.2, 0.25) is 0 Å². The molecule has 0 amide bonds. The number of nitrogens with zero attached hydrogens (tertiary/aromatic N) is 8. The SMILES string of the molecule is CC[C@@H]([C@H](C)O)n1ncn(-c2ccc([N+]3([O-])CCN(c4ccc(OC[C@@H]5CO[C@@](Cn6cncn6)(c6ccc(F)cc6F)C5)cc4)CC3)cc2)c1=O. The van der Waals surface area contributed by atoms with E-state index in [-0.39, 0.29) is 23.7 Å². The molecule has 13 nitrogen and oxygen atoms in total. The molecule has 4 atom stereocenters. The van der Waals surface area contributed by atoms with Gasteiger partial charge in [-0.15, -0.1) is 0 Å². The van der Waals surface area contributed by atoms with Crippen LogP contribution in [0.2, 0.25) is 0 Å². The summed E-state index contributed by atoms with van der Waals surface area (Å²) in [6.45, 7) is 6.27. The van der Waals surface area contributed by atoms with Crippen molar-refractivity contribution in [2.45, 2.75) is 51.0 Å². The molecular formula is C37H42F2N8O5. The quantitative estimate of drug-likeness (QED) is 0.146. The second kappa shape index (κ2) is 14.6. The minimum absolute atomic E-state index is 0.0473. The van der Waals surface area contributed by atoms with E-state index in [0.29, 0.717) is 69.4 Å². The monoisotopic (exact) mass is 716 g/mol. The van der Waals surface area contributed by atoms with Gasteiger partial charge in [-0.2, -0.15) is 10.2 Å². The summed E-state index contributed by atoms with van der Waals surface area (Å²) in [5.41, 5.74) is 1.08. The van der Waals surface area contributed by atoms with Crippen LogP contribution in [0.5, 0.6) is 5.75 Å². The molecule has 0 radical (unpaired) electrons. The Morgan fingerprint density at radius 3 is 2.42 bits per heavy atom. The number of aliphatic hydroxyl groups excluding tert-OH is 1. The van der Waals surface area contributed by atoms with Gasteiger partial charge in [0.05, 0.1) is 50.7 Å². The van der Waals surface area contributed by atoms with E-state index in [1.807, 2.05) is 31.2 Å². The van der Waals surface area contributed by atoms with Crippen LogP contribution in [0, 0.1) is 22.8 Å². The Balaban J connectivity index is 0.942. The molecule has 3 aromatic carbocycles. The van der Waals surface area contributed by atoms with Crippen LogP contribution < -0.4 is 20.0 Å². The van der Waals surface area contributed by atoms with Gasteiger partial charge in [0.25, 0.3) is 0 Å². The number of aliphatic hydroxyl groups is 1. The van der Waals surface area contributed by atoms with Crippen molar-refractivity contribution in [2.75, 3.05) is 44.3 Å². The summed E-state index contributed by atoms with van der Waals surface area (Å²) >= 11 is 0. The molecule has 7 rings (SSSR count). The molecule has 1 N–H and O–H groups in total. The van der Waals surface area contributed by atoms with Crippen LogP contribution in [0.25, 0.3) is 5.69 Å². The predicted octanol–water partition coefficient (Wildman–Crippen LogP) is 4.57. The molecule has 0 saturated carbocycles. The van der Waals surface area contributed by atoms with Crippen LogP contribution in [0.15, 0.2) is 90.5 Å². The zero-order valence-electron chi connectivity index (χ0n) is 29.1. The average molecular weight is 717 g/mol. The molecule has 2 aliphatic heterocycles. The molecule has 274 valence electrons. The number of ether oxygens (including phenoxy) is 2. The van der Waals surface area contributed by atoms with Crippen LogP contribution in [0.1, 0.15) is 38.3 Å². The average Bonchev–Trinajstić information content (AvgIpc) is 3.90. The van der Waals surface area contributed by atoms with Crippen LogP contribution in [-0.2, 0) is 16.9 Å². The fraction of sp³-hybridized carbons (Fsp3) is 0.405. The molecule has 2 fully saturated rings. The summed E-state index contributed by atoms with van der Waals surface area (Å²) in [6, 6.07) is 17.9. The van der Waals surface area contributed by atoms with E-state index in [1.54, 1.807) is 42.2 Å². The van der Waals surface area contributed by atoms with E-state index < -0.39 is 34.0 Å². The van der Waals surface area contributed by atoms with Gasteiger partial charge < -0.3 is 29.3 Å². The number of hydrogen-bond acceptors (Lipinski definition) is 9. The first-order valence-corrected chi connectivity index (χ1v) is 17.5. The van der Waals surface area contributed by atoms with Crippen molar-refractivity contribution >= 4 is 11.4 Å². The number of anilines is 1. The number of hydrogen-bond donors (Lipinski definition) is 1. The maximum atomic E-state index is 15.0. The zero-order valence-corrected chi connectivity index (χ0v) is 29.1. The van der Waals surface area contributed by atoms with E-state index in [9.17, 15) is 23.9 Å². The molecule has 4 heterocycles. The van der Waals surface area contributed by atoms with Gasteiger partial charge in [-0.1, -0.05) is 13.0 Å². The standard InChI is InChI=1S/C37H42F2N8O5/c1-3-35(26(2)48)46-36(49)45(25-42-46)30-5-9-31(10-6-30)47(50)16-14-43(15-17-47)29-7-11-32(12-8-29)51-20-27-19-37(52-21-27,22-44-24-40-23-41-44)33-13-4-28(38)18-34(33)39/h4-13,18,23-27,35,48H,3,14-17,19-22H2,1-2H3/t26-,27+,35-,37-/m0/s1. The van der Waals surface area contributed by atoms with Crippen molar-refractivity contribution in [3.8, 4) is 11.4 Å². The second-order valence-electron chi connectivity index (χ2n) is 13.7. The van der Waals surface area contributed by atoms with Crippen molar-refractivity contribution in [2.24, 2.45) is 5.92 Å². The van der Waals surface area contributed by atoms with E-state index in [1.165, 1.54) is 34.0 Å². The van der Waals surface area contributed by atoms with Gasteiger partial charge in [-0.3, -0.25) is 0 Å². The third-order valence-corrected chi connectivity index (χ3v) is 10.3. The Morgan fingerprint density at radius 1 is 1.04 bits per heavy atom. The van der Waals surface area contributed by atoms with Gasteiger partial charge in [0.15, 0.2) is 0 Å². The summed E-state index contributed by atoms with van der Waals surface area (Å²) in [4.78, 5) is 19.2. The third-order valence-electron chi connectivity index (χ3n) is 10.3. The van der Waals surface area contributed by atoms with Gasteiger partial charge in [-0.05, 0) is 62.2 Å². The highest BCUT2D eigenvalue weighted by atomic mass is 19.1. The molecule has 0 aliphatic carbocycles. The number of piperazine rings is 1. The largest absolute Gasteiger partial charge is 0.627 e. The molecule has 0 unspecified atom stereocenters.